The van der Waals surface area contributed by atoms with Crippen LogP contribution in [-0.2, 0) is 11.3 Å². The molecule has 0 aromatic heterocycles. The molecule has 2 aromatic rings. The first-order valence-corrected chi connectivity index (χ1v) is 8.86. The summed E-state index contributed by atoms with van der Waals surface area (Å²) in [6.07, 6.45) is 0. The number of ether oxygens (including phenoxy) is 1. The molecule has 0 bridgehead atoms. The molecule has 7 nitrogen and oxygen atoms in total. The van der Waals surface area contributed by atoms with Crippen molar-refractivity contribution in [3.8, 4) is 5.75 Å². The normalized spacial score (nSPS) is 11.9. The van der Waals surface area contributed by atoms with Crippen molar-refractivity contribution in [3.05, 3.63) is 63.2 Å². The Morgan fingerprint density at radius 2 is 1.96 bits per heavy atom. The van der Waals surface area contributed by atoms with E-state index in [0.717, 1.165) is 11.3 Å². The van der Waals surface area contributed by atoms with Crippen LogP contribution in [0.15, 0.2) is 42.5 Å². The van der Waals surface area contributed by atoms with Crippen LogP contribution in [-0.4, -0.2) is 35.4 Å². The maximum absolute atomic E-state index is 12.5. The molecular weight excluding hydrogens is 370 g/mol. The number of anilines is 1. The van der Waals surface area contributed by atoms with Crippen molar-refractivity contribution in [2.45, 2.75) is 26.4 Å². The van der Waals surface area contributed by atoms with Crippen molar-refractivity contribution < 1.29 is 14.5 Å². The summed E-state index contributed by atoms with van der Waals surface area (Å²) >= 11 is 6.04. The van der Waals surface area contributed by atoms with Gasteiger partial charge in [0.25, 0.3) is 5.69 Å². The molecule has 2 rings (SSSR count). The highest BCUT2D eigenvalue weighted by Gasteiger charge is 2.20. The third-order valence-electron chi connectivity index (χ3n) is 4.13. The quantitative estimate of drug-likeness (QED) is 0.540. The van der Waals surface area contributed by atoms with Crippen LogP contribution in [0.3, 0.4) is 0 Å². The van der Waals surface area contributed by atoms with Crippen LogP contribution in [0.2, 0.25) is 5.02 Å². The summed E-state index contributed by atoms with van der Waals surface area (Å²) in [7, 11) is 1.83. The summed E-state index contributed by atoms with van der Waals surface area (Å²) in [5, 5.41) is 13.8. The predicted octanol–water partition coefficient (Wildman–Crippen LogP) is 4.11. The molecule has 0 saturated heterocycles. The lowest BCUT2D eigenvalue weighted by Gasteiger charge is -2.24. The van der Waals surface area contributed by atoms with Crippen LogP contribution >= 0.6 is 11.6 Å². The van der Waals surface area contributed by atoms with E-state index in [-0.39, 0.29) is 22.3 Å². The van der Waals surface area contributed by atoms with Crippen molar-refractivity contribution in [1.82, 2.24) is 4.90 Å². The Bertz CT molecular complexity index is 811. The number of rotatable bonds is 8. The van der Waals surface area contributed by atoms with Gasteiger partial charge in [0.2, 0.25) is 5.91 Å². The van der Waals surface area contributed by atoms with Crippen LogP contribution in [0.4, 0.5) is 11.4 Å². The molecule has 2 aromatic carbocycles. The molecule has 1 unspecified atom stereocenters. The number of carbonyl (C=O) groups is 1. The number of amides is 1. The molecule has 8 heteroatoms. The Labute approximate surface area is 163 Å². The van der Waals surface area contributed by atoms with Gasteiger partial charge in [-0.15, -0.1) is 0 Å². The molecule has 27 heavy (non-hydrogen) atoms. The van der Waals surface area contributed by atoms with E-state index in [4.69, 9.17) is 16.3 Å². The summed E-state index contributed by atoms with van der Waals surface area (Å²) < 4.78 is 5.42. The molecular formula is C19H22ClN3O4. The van der Waals surface area contributed by atoms with Crippen molar-refractivity contribution >= 4 is 28.9 Å². The van der Waals surface area contributed by atoms with E-state index in [2.05, 4.69) is 5.32 Å². The Morgan fingerprint density at radius 3 is 2.56 bits per heavy atom. The van der Waals surface area contributed by atoms with Gasteiger partial charge in [0, 0.05) is 18.7 Å². The van der Waals surface area contributed by atoms with Gasteiger partial charge >= 0.3 is 0 Å². The molecule has 0 fully saturated rings. The van der Waals surface area contributed by atoms with E-state index in [0.29, 0.717) is 13.2 Å². The van der Waals surface area contributed by atoms with Crippen molar-refractivity contribution in [3.63, 3.8) is 0 Å². The number of nitro benzene ring substituents is 1. The van der Waals surface area contributed by atoms with Gasteiger partial charge in [0.05, 0.1) is 28.3 Å². The van der Waals surface area contributed by atoms with E-state index < -0.39 is 11.0 Å². The van der Waals surface area contributed by atoms with Crippen LogP contribution in [0.5, 0.6) is 5.75 Å². The number of hydrogen-bond acceptors (Lipinski definition) is 5. The number of hydrogen-bond donors (Lipinski definition) is 1. The van der Waals surface area contributed by atoms with E-state index >= 15 is 0 Å². The summed E-state index contributed by atoms with van der Waals surface area (Å²) in [4.78, 5) is 24.7. The SMILES string of the molecule is CCOc1ccc(CN(C)C(C)C(=O)Nc2cc([N+](=O)[O-])ccc2Cl)cc1. The number of non-ortho nitro benzene ring substituents is 1. The van der Waals surface area contributed by atoms with Crippen LogP contribution in [0.1, 0.15) is 19.4 Å². The fraction of sp³-hybridized carbons (Fsp3) is 0.316. The first-order valence-electron chi connectivity index (χ1n) is 8.48. The lowest BCUT2D eigenvalue weighted by molar-refractivity contribution is -0.384. The van der Waals surface area contributed by atoms with E-state index in [9.17, 15) is 14.9 Å². The van der Waals surface area contributed by atoms with Crippen molar-refractivity contribution in [2.24, 2.45) is 0 Å². The first-order chi connectivity index (χ1) is 12.8. The van der Waals surface area contributed by atoms with Gasteiger partial charge in [-0.1, -0.05) is 23.7 Å². The second-order valence-corrected chi connectivity index (χ2v) is 6.49. The van der Waals surface area contributed by atoms with Crippen LogP contribution < -0.4 is 10.1 Å². The van der Waals surface area contributed by atoms with Crippen LogP contribution in [0.25, 0.3) is 0 Å². The molecule has 0 spiro atoms. The van der Waals surface area contributed by atoms with E-state index in [1.807, 2.05) is 43.1 Å². The lowest BCUT2D eigenvalue weighted by atomic mass is 10.1. The highest BCUT2D eigenvalue weighted by Crippen LogP contribution is 2.27. The highest BCUT2D eigenvalue weighted by molar-refractivity contribution is 6.33. The number of halogens is 1. The van der Waals surface area contributed by atoms with Gasteiger partial charge in [0.1, 0.15) is 5.75 Å². The molecule has 1 atom stereocenters. The topological polar surface area (TPSA) is 84.7 Å². The molecule has 0 aliphatic rings. The molecule has 0 aliphatic carbocycles. The zero-order chi connectivity index (χ0) is 20.0. The van der Waals surface area contributed by atoms with Gasteiger partial charge < -0.3 is 10.1 Å². The third-order valence-corrected chi connectivity index (χ3v) is 4.46. The smallest absolute Gasteiger partial charge is 0.271 e. The van der Waals surface area contributed by atoms with Gasteiger partial charge in [-0.05, 0) is 44.7 Å². The number of benzene rings is 2. The lowest BCUT2D eigenvalue weighted by Crippen LogP contribution is -2.39. The van der Waals surface area contributed by atoms with E-state index in [1.54, 1.807) is 6.92 Å². The standard InChI is InChI=1S/C19H22ClN3O4/c1-4-27-16-8-5-14(6-9-16)12-22(3)13(2)19(24)21-18-11-15(23(25)26)7-10-17(18)20/h5-11,13H,4,12H2,1-3H3,(H,21,24). The third kappa shape index (κ3) is 5.67. The largest absolute Gasteiger partial charge is 0.494 e. The number of nitro groups is 1. The second-order valence-electron chi connectivity index (χ2n) is 6.08. The molecule has 0 radical (unpaired) electrons. The monoisotopic (exact) mass is 391 g/mol. The molecule has 1 N–H and O–H groups in total. The Balaban J connectivity index is 2.01. The zero-order valence-corrected chi connectivity index (χ0v) is 16.2. The Hall–Kier alpha value is -2.64. The van der Waals surface area contributed by atoms with E-state index in [1.165, 1.54) is 18.2 Å². The average Bonchev–Trinajstić information content (AvgIpc) is 2.64. The number of nitrogens with one attached hydrogen (secondary N) is 1. The van der Waals surface area contributed by atoms with Crippen molar-refractivity contribution in [1.29, 1.82) is 0 Å². The number of likely N-dealkylation sites (N-methyl/N-ethyl adjacent to an activating group) is 1. The number of carbonyl (C=O) groups excluding carboxylic acids is 1. The second kappa shape index (κ2) is 9.34. The molecule has 0 saturated carbocycles. The van der Waals surface area contributed by atoms with Crippen LogP contribution in [0, 0.1) is 10.1 Å². The fourth-order valence-corrected chi connectivity index (χ4v) is 2.61. The number of nitrogens with zero attached hydrogens (tertiary/aromatic N) is 2. The van der Waals surface area contributed by atoms with Crippen molar-refractivity contribution in [2.75, 3.05) is 19.0 Å². The summed E-state index contributed by atoms with van der Waals surface area (Å²) in [6, 6.07) is 11.1. The summed E-state index contributed by atoms with van der Waals surface area (Å²) in [5.41, 5.74) is 1.12. The predicted molar refractivity (Wildman–Crippen MR) is 105 cm³/mol. The molecule has 1 amide bonds. The average molecular weight is 392 g/mol. The van der Waals surface area contributed by atoms with Gasteiger partial charge in [-0.25, -0.2) is 0 Å². The highest BCUT2D eigenvalue weighted by atomic mass is 35.5. The first kappa shape index (κ1) is 20.7. The van der Waals surface area contributed by atoms with Gasteiger partial charge in [-0.2, -0.15) is 0 Å². The minimum atomic E-state index is -0.534. The minimum Gasteiger partial charge on any atom is -0.494 e. The summed E-state index contributed by atoms with van der Waals surface area (Å²) in [5.74, 6) is 0.501. The minimum absolute atomic E-state index is 0.134. The fourth-order valence-electron chi connectivity index (χ4n) is 2.44. The zero-order valence-electron chi connectivity index (χ0n) is 15.4. The molecule has 0 aliphatic heterocycles. The maximum Gasteiger partial charge on any atom is 0.271 e. The molecule has 144 valence electrons. The van der Waals surface area contributed by atoms with Gasteiger partial charge in [0.15, 0.2) is 0 Å². The van der Waals surface area contributed by atoms with Gasteiger partial charge in [-0.3, -0.25) is 19.8 Å². The summed E-state index contributed by atoms with van der Waals surface area (Å²) in [6.45, 7) is 4.85. The maximum atomic E-state index is 12.5. The Kier molecular flexibility index (Phi) is 7.15. The Morgan fingerprint density at radius 1 is 1.30 bits per heavy atom. The molecule has 0 heterocycles.